The first-order valence-electron chi connectivity index (χ1n) is 15.1. The van der Waals surface area contributed by atoms with Crippen molar-refractivity contribution in [3.63, 3.8) is 0 Å². The van der Waals surface area contributed by atoms with Crippen molar-refractivity contribution in [2.45, 2.75) is 111 Å². The molecule has 1 aliphatic rings. The van der Waals surface area contributed by atoms with Crippen molar-refractivity contribution >= 4 is 41.1 Å². The quantitative estimate of drug-likeness (QED) is 0.204. The van der Waals surface area contributed by atoms with E-state index in [9.17, 15) is 29.1 Å². The van der Waals surface area contributed by atoms with Crippen LogP contribution < -0.4 is 5.32 Å². The third kappa shape index (κ3) is 10.6. The monoisotopic (exact) mass is 624 g/mol. The summed E-state index contributed by atoms with van der Waals surface area (Å²) in [5, 5.41) is 14.0. The maximum absolute atomic E-state index is 14.4. The third-order valence-electron chi connectivity index (χ3n) is 7.90. The molecule has 0 saturated carbocycles. The maximum Gasteiger partial charge on any atom is 0.355 e. The maximum atomic E-state index is 14.4. The standard InChI is InChI=1S/C30H48N4O8S/c1-8-12-25(36)41-17-34(29(38)26(19(5)9-2)32-27(37)22-13-10-11-14-33(22)7)23(18(3)4)15-24(42-20(6)35)28-31-21(16-43-28)30(39)40/h16,18-19,22-24,26H,8-15,17H2,1-7H3,(H,32,37)(H,39,40)/t19-,22?,23+,24+,26-/m0/s1. The number of nitrogens with zero attached hydrogens (tertiary/aromatic N) is 3. The number of likely N-dealkylation sites (N-methyl/N-ethyl adjacent to an activating group) is 1. The summed E-state index contributed by atoms with van der Waals surface area (Å²) in [6.45, 7) is 11.2. The second kappa shape index (κ2) is 17.3. The fourth-order valence-electron chi connectivity index (χ4n) is 5.17. The second-order valence-electron chi connectivity index (χ2n) is 11.6. The molecule has 2 rings (SSSR count). The van der Waals surface area contributed by atoms with Gasteiger partial charge in [0.15, 0.2) is 18.5 Å². The summed E-state index contributed by atoms with van der Waals surface area (Å²) >= 11 is 1.05. The predicted molar refractivity (Wildman–Crippen MR) is 161 cm³/mol. The van der Waals surface area contributed by atoms with Crippen LogP contribution in [-0.2, 0) is 28.7 Å². The van der Waals surface area contributed by atoms with Gasteiger partial charge >= 0.3 is 17.9 Å². The Bertz CT molecular complexity index is 1110. The third-order valence-corrected chi connectivity index (χ3v) is 8.84. The summed E-state index contributed by atoms with van der Waals surface area (Å²) in [6, 6.07) is -1.85. The van der Waals surface area contributed by atoms with Crippen molar-refractivity contribution in [3.8, 4) is 0 Å². The Morgan fingerprint density at radius 2 is 1.88 bits per heavy atom. The van der Waals surface area contributed by atoms with Gasteiger partial charge in [-0.3, -0.25) is 24.1 Å². The smallest absolute Gasteiger partial charge is 0.355 e. The number of carboxylic acids is 1. The molecule has 1 aromatic heterocycles. The number of aromatic carboxylic acids is 1. The molecule has 1 aliphatic heterocycles. The molecule has 0 aliphatic carbocycles. The zero-order valence-corrected chi connectivity index (χ0v) is 27.3. The molecule has 43 heavy (non-hydrogen) atoms. The van der Waals surface area contributed by atoms with E-state index < -0.39 is 42.0 Å². The average Bonchev–Trinajstić information content (AvgIpc) is 3.45. The highest BCUT2D eigenvalue weighted by Gasteiger charge is 2.39. The SMILES string of the molecule is CCCC(=O)OCN(C(=O)[C@@H](NC(=O)C1CCCCN1C)[C@@H](C)CC)[C@H](C[C@@H](OC(C)=O)c1nc(C(=O)O)cs1)C(C)C. The summed E-state index contributed by atoms with van der Waals surface area (Å²) in [5.41, 5.74) is -0.174. The summed E-state index contributed by atoms with van der Waals surface area (Å²) < 4.78 is 11.1. The number of piperidine rings is 1. The first-order chi connectivity index (χ1) is 20.3. The topological polar surface area (TPSA) is 155 Å². The number of thiazole rings is 1. The van der Waals surface area contributed by atoms with Crippen LogP contribution in [-0.4, -0.2) is 88.1 Å². The van der Waals surface area contributed by atoms with E-state index in [-0.39, 0.29) is 54.1 Å². The molecule has 1 aromatic rings. The predicted octanol–water partition coefficient (Wildman–Crippen LogP) is 4.00. The molecule has 1 unspecified atom stereocenters. The molecular weight excluding hydrogens is 576 g/mol. The number of amides is 2. The van der Waals surface area contributed by atoms with Gasteiger partial charge in [-0.15, -0.1) is 11.3 Å². The number of ether oxygens (including phenoxy) is 2. The average molecular weight is 625 g/mol. The number of carbonyl (C=O) groups is 5. The van der Waals surface area contributed by atoms with Gasteiger partial charge in [-0.05, 0) is 44.7 Å². The number of carboxylic acid groups (broad SMARTS) is 1. The number of rotatable bonds is 16. The van der Waals surface area contributed by atoms with E-state index in [2.05, 4.69) is 10.3 Å². The Kier molecular flexibility index (Phi) is 14.5. The van der Waals surface area contributed by atoms with Gasteiger partial charge in [0, 0.05) is 31.2 Å². The lowest BCUT2D eigenvalue weighted by molar-refractivity contribution is -0.160. The minimum absolute atomic E-state index is 0.0768. The van der Waals surface area contributed by atoms with E-state index in [0.717, 1.165) is 30.7 Å². The Hall–Kier alpha value is -3.06. The van der Waals surface area contributed by atoms with Gasteiger partial charge in [0.05, 0.1) is 6.04 Å². The van der Waals surface area contributed by atoms with Gasteiger partial charge in [0.2, 0.25) is 11.8 Å². The van der Waals surface area contributed by atoms with Crippen molar-refractivity contribution < 1.29 is 38.6 Å². The van der Waals surface area contributed by atoms with E-state index in [1.54, 1.807) is 0 Å². The lowest BCUT2D eigenvalue weighted by Crippen LogP contribution is -2.59. The van der Waals surface area contributed by atoms with E-state index >= 15 is 0 Å². The Morgan fingerprint density at radius 3 is 2.42 bits per heavy atom. The second-order valence-corrected chi connectivity index (χ2v) is 12.5. The molecule has 2 heterocycles. The van der Waals surface area contributed by atoms with Crippen molar-refractivity contribution in [2.24, 2.45) is 11.8 Å². The first-order valence-corrected chi connectivity index (χ1v) is 16.0. The molecule has 0 aromatic carbocycles. The van der Waals surface area contributed by atoms with Crippen molar-refractivity contribution in [3.05, 3.63) is 16.1 Å². The largest absolute Gasteiger partial charge is 0.476 e. The molecule has 1 fully saturated rings. The van der Waals surface area contributed by atoms with Crippen LogP contribution in [0.25, 0.3) is 0 Å². The van der Waals surface area contributed by atoms with Crippen molar-refractivity contribution in [1.29, 1.82) is 0 Å². The molecule has 2 amide bonds. The van der Waals surface area contributed by atoms with E-state index in [4.69, 9.17) is 9.47 Å². The molecule has 0 radical (unpaired) electrons. The summed E-state index contributed by atoms with van der Waals surface area (Å²) in [5.74, 6) is -3.31. The van der Waals surface area contributed by atoms with Gasteiger partial charge in [0.1, 0.15) is 11.0 Å². The van der Waals surface area contributed by atoms with Crippen LogP contribution in [0.15, 0.2) is 5.38 Å². The molecule has 1 saturated heterocycles. The highest BCUT2D eigenvalue weighted by atomic mass is 32.1. The van der Waals surface area contributed by atoms with Gasteiger partial charge in [-0.1, -0.05) is 47.5 Å². The lowest BCUT2D eigenvalue weighted by atomic mass is 9.92. The Morgan fingerprint density at radius 1 is 1.19 bits per heavy atom. The summed E-state index contributed by atoms with van der Waals surface area (Å²) in [4.78, 5) is 71.4. The van der Waals surface area contributed by atoms with Crippen molar-refractivity contribution in [1.82, 2.24) is 20.1 Å². The zero-order chi connectivity index (χ0) is 32.3. The van der Waals surface area contributed by atoms with Crippen molar-refractivity contribution in [2.75, 3.05) is 20.3 Å². The fourth-order valence-corrected chi connectivity index (χ4v) is 6.00. The minimum atomic E-state index is -1.21. The number of aromatic nitrogens is 1. The first kappa shape index (κ1) is 36.1. The number of esters is 2. The molecular formula is C30H48N4O8S. The Balaban J connectivity index is 2.48. The highest BCUT2D eigenvalue weighted by Crippen LogP contribution is 2.31. The number of hydrogen-bond donors (Lipinski definition) is 2. The van der Waals surface area contributed by atoms with Crippen LogP contribution in [0.3, 0.4) is 0 Å². The van der Waals surface area contributed by atoms with Crippen LogP contribution in [0.4, 0.5) is 0 Å². The molecule has 12 nitrogen and oxygen atoms in total. The molecule has 0 spiro atoms. The van der Waals surface area contributed by atoms with Gasteiger partial charge in [-0.25, -0.2) is 9.78 Å². The summed E-state index contributed by atoms with van der Waals surface area (Å²) in [6.07, 6.45) is 3.14. The Labute approximate surface area is 258 Å². The molecule has 13 heteroatoms. The molecule has 242 valence electrons. The molecule has 5 atom stereocenters. The zero-order valence-electron chi connectivity index (χ0n) is 26.5. The normalized spacial score (nSPS) is 18.3. The molecule has 0 bridgehead atoms. The number of hydrogen-bond acceptors (Lipinski definition) is 10. The molecule has 2 N–H and O–H groups in total. The van der Waals surface area contributed by atoms with E-state index in [0.29, 0.717) is 19.3 Å². The lowest BCUT2D eigenvalue weighted by Gasteiger charge is -2.39. The van der Waals surface area contributed by atoms with Crippen LogP contribution >= 0.6 is 11.3 Å². The van der Waals surface area contributed by atoms with Gasteiger partial charge < -0.3 is 24.8 Å². The highest BCUT2D eigenvalue weighted by molar-refractivity contribution is 7.09. The van der Waals surface area contributed by atoms with E-state index in [1.807, 2.05) is 46.6 Å². The van der Waals surface area contributed by atoms with Gasteiger partial charge in [0.25, 0.3) is 0 Å². The van der Waals surface area contributed by atoms with Crippen LogP contribution in [0.2, 0.25) is 0 Å². The van der Waals surface area contributed by atoms with Crippen LogP contribution in [0, 0.1) is 11.8 Å². The number of likely N-dealkylation sites (tertiary alicyclic amines) is 1. The van der Waals surface area contributed by atoms with Crippen LogP contribution in [0.1, 0.15) is 108 Å². The fraction of sp³-hybridized carbons (Fsp3) is 0.733. The number of carbonyl (C=O) groups excluding carboxylic acids is 4. The minimum Gasteiger partial charge on any atom is -0.476 e. The van der Waals surface area contributed by atoms with Crippen LogP contribution in [0.5, 0.6) is 0 Å². The number of nitrogens with one attached hydrogen (secondary N) is 1. The van der Waals surface area contributed by atoms with E-state index in [1.165, 1.54) is 17.2 Å². The summed E-state index contributed by atoms with van der Waals surface area (Å²) in [7, 11) is 1.90. The van der Waals surface area contributed by atoms with Gasteiger partial charge in [-0.2, -0.15) is 0 Å².